The molecule has 1 rings (SSSR count). The Labute approximate surface area is 111 Å². The van der Waals surface area contributed by atoms with E-state index in [1.807, 2.05) is 13.8 Å². The molecule has 19 heavy (non-hydrogen) atoms. The van der Waals surface area contributed by atoms with Crippen LogP contribution in [-0.4, -0.2) is 32.2 Å². The van der Waals surface area contributed by atoms with Gasteiger partial charge in [0.1, 0.15) is 5.41 Å². The number of anilines is 1. The monoisotopic (exact) mass is 266 g/mol. The van der Waals surface area contributed by atoms with Crippen LogP contribution in [0.15, 0.2) is 0 Å². The number of carbonyl (C=O) groups is 2. The predicted molar refractivity (Wildman–Crippen MR) is 68.6 cm³/mol. The molecule has 0 fully saturated rings. The van der Waals surface area contributed by atoms with E-state index in [0.29, 0.717) is 12.8 Å². The van der Waals surface area contributed by atoms with Crippen LogP contribution in [0.1, 0.15) is 39.1 Å². The number of carbonyl (C=O) groups excluding carboxylic acids is 1. The standard InChI is InChI=1S/C12H18N4O3/c1-5-7-8(6-2)15-16-11(13-7)14-9(17)12(3,4)10(18)19/h5-6H2,1-4H3,(H,18,19)(H,13,14,16,17). The van der Waals surface area contributed by atoms with E-state index >= 15 is 0 Å². The number of hydrogen-bond acceptors (Lipinski definition) is 5. The summed E-state index contributed by atoms with van der Waals surface area (Å²) in [6.45, 7) is 6.51. The highest BCUT2D eigenvalue weighted by atomic mass is 16.4. The van der Waals surface area contributed by atoms with Crippen LogP contribution in [0.3, 0.4) is 0 Å². The minimum absolute atomic E-state index is 0.0355. The molecule has 1 aromatic rings. The Balaban J connectivity index is 2.95. The number of carboxylic acid groups (broad SMARTS) is 1. The molecule has 0 bridgehead atoms. The fourth-order valence-electron chi connectivity index (χ4n) is 1.35. The molecular weight excluding hydrogens is 248 g/mol. The highest BCUT2D eigenvalue weighted by molar-refractivity contribution is 6.06. The maximum atomic E-state index is 11.8. The van der Waals surface area contributed by atoms with Gasteiger partial charge < -0.3 is 5.11 Å². The molecule has 0 unspecified atom stereocenters. The fourth-order valence-corrected chi connectivity index (χ4v) is 1.35. The van der Waals surface area contributed by atoms with E-state index in [0.717, 1.165) is 11.4 Å². The third-order valence-corrected chi connectivity index (χ3v) is 2.84. The zero-order chi connectivity index (χ0) is 14.6. The SMILES string of the molecule is CCc1nnc(NC(=O)C(C)(C)C(=O)O)nc1CC. The average Bonchev–Trinajstić information content (AvgIpc) is 2.38. The molecular formula is C12H18N4O3. The molecule has 1 heterocycles. The topological polar surface area (TPSA) is 105 Å². The summed E-state index contributed by atoms with van der Waals surface area (Å²) in [5, 5.41) is 19.1. The van der Waals surface area contributed by atoms with Gasteiger partial charge in [0.15, 0.2) is 0 Å². The maximum Gasteiger partial charge on any atom is 0.318 e. The summed E-state index contributed by atoms with van der Waals surface area (Å²) >= 11 is 0. The molecule has 0 atom stereocenters. The lowest BCUT2D eigenvalue weighted by Crippen LogP contribution is -2.38. The normalized spacial score (nSPS) is 11.2. The van der Waals surface area contributed by atoms with Gasteiger partial charge in [-0.25, -0.2) is 4.98 Å². The Bertz CT molecular complexity index is 500. The minimum Gasteiger partial charge on any atom is -0.480 e. The molecule has 0 aromatic carbocycles. The van der Waals surface area contributed by atoms with Crippen molar-refractivity contribution in [1.82, 2.24) is 15.2 Å². The van der Waals surface area contributed by atoms with Crippen LogP contribution in [0, 0.1) is 5.41 Å². The van der Waals surface area contributed by atoms with Crippen LogP contribution in [0.25, 0.3) is 0 Å². The molecule has 0 aliphatic rings. The quantitative estimate of drug-likeness (QED) is 0.772. The van der Waals surface area contributed by atoms with Crippen LogP contribution in [0.4, 0.5) is 5.95 Å². The lowest BCUT2D eigenvalue weighted by molar-refractivity contribution is -0.151. The third-order valence-electron chi connectivity index (χ3n) is 2.84. The van der Waals surface area contributed by atoms with E-state index in [2.05, 4.69) is 20.5 Å². The van der Waals surface area contributed by atoms with Crippen molar-refractivity contribution in [3.8, 4) is 0 Å². The third kappa shape index (κ3) is 3.24. The predicted octanol–water partition coefficient (Wildman–Crippen LogP) is 1.05. The van der Waals surface area contributed by atoms with Gasteiger partial charge in [-0.05, 0) is 26.7 Å². The van der Waals surface area contributed by atoms with E-state index in [4.69, 9.17) is 5.11 Å². The number of hydrogen-bond donors (Lipinski definition) is 2. The second-order valence-electron chi connectivity index (χ2n) is 4.62. The van der Waals surface area contributed by atoms with Crippen molar-refractivity contribution in [2.24, 2.45) is 5.41 Å². The van der Waals surface area contributed by atoms with Crippen molar-refractivity contribution < 1.29 is 14.7 Å². The first kappa shape index (κ1) is 15.0. The van der Waals surface area contributed by atoms with E-state index in [-0.39, 0.29) is 5.95 Å². The number of aryl methyl sites for hydroxylation is 2. The van der Waals surface area contributed by atoms with Crippen LogP contribution >= 0.6 is 0 Å². The maximum absolute atomic E-state index is 11.8. The van der Waals surface area contributed by atoms with Gasteiger partial charge >= 0.3 is 5.97 Å². The summed E-state index contributed by atoms with van der Waals surface area (Å²) in [4.78, 5) is 27.0. The Morgan fingerprint density at radius 1 is 1.16 bits per heavy atom. The van der Waals surface area contributed by atoms with Gasteiger partial charge in [0.2, 0.25) is 11.9 Å². The molecule has 0 radical (unpaired) electrons. The fraction of sp³-hybridized carbons (Fsp3) is 0.583. The average molecular weight is 266 g/mol. The molecule has 0 spiro atoms. The van der Waals surface area contributed by atoms with E-state index < -0.39 is 17.3 Å². The Morgan fingerprint density at radius 2 is 1.74 bits per heavy atom. The molecule has 1 aromatic heterocycles. The number of carboxylic acids is 1. The van der Waals surface area contributed by atoms with Gasteiger partial charge in [0.05, 0.1) is 11.4 Å². The first-order valence-corrected chi connectivity index (χ1v) is 6.10. The van der Waals surface area contributed by atoms with Gasteiger partial charge in [-0.2, -0.15) is 0 Å². The van der Waals surface area contributed by atoms with Gasteiger partial charge in [0, 0.05) is 0 Å². The number of nitrogens with one attached hydrogen (secondary N) is 1. The molecule has 7 heteroatoms. The zero-order valence-electron chi connectivity index (χ0n) is 11.5. The smallest absolute Gasteiger partial charge is 0.318 e. The van der Waals surface area contributed by atoms with Crippen molar-refractivity contribution in [2.75, 3.05) is 5.32 Å². The van der Waals surface area contributed by atoms with E-state index in [1.54, 1.807) is 0 Å². The van der Waals surface area contributed by atoms with Crippen LogP contribution in [0.2, 0.25) is 0 Å². The molecule has 7 nitrogen and oxygen atoms in total. The Hall–Kier alpha value is -2.05. The van der Waals surface area contributed by atoms with Gasteiger partial charge in [-0.1, -0.05) is 13.8 Å². The van der Waals surface area contributed by atoms with Crippen molar-refractivity contribution in [1.29, 1.82) is 0 Å². The summed E-state index contributed by atoms with van der Waals surface area (Å²) in [7, 11) is 0. The summed E-state index contributed by atoms with van der Waals surface area (Å²) < 4.78 is 0. The van der Waals surface area contributed by atoms with Crippen molar-refractivity contribution in [2.45, 2.75) is 40.5 Å². The summed E-state index contributed by atoms with van der Waals surface area (Å²) in [6, 6.07) is 0. The number of nitrogens with zero attached hydrogens (tertiary/aromatic N) is 3. The van der Waals surface area contributed by atoms with Crippen molar-refractivity contribution in [3.63, 3.8) is 0 Å². The van der Waals surface area contributed by atoms with E-state index in [9.17, 15) is 9.59 Å². The van der Waals surface area contributed by atoms with Crippen LogP contribution in [0.5, 0.6) is 0 Å². The number of amides is 1. The van der Waals surface area contributed by atoms with Gasteiger partial charge in [0.25, 0.3) is 0 Å². The largest absolute Gasteiger partial charge is 0.480 e. The lowest BCUT2D eigenvalue weighted by atomic mass is 9.93. The highest BCUT2D eigenvalue weighted by Crippen LogP contribution is 2.17. The molecule has 0 aliphatic heterocycles. The second-order valence-corrected chi connectivity index (χ2v) is 4.62. The number of aromatic nitrogens is 3. The van der Waals surface area contributed by atoms with Crippen LogP contribution in [-0.2, 0) is 22.4 Å². The van der Waals surface area contributed by atoms with Crippen LogP contribution < -0.4 is 5.32 Å². The van der Waals surface area contributed by atoms with Crippen molar-refractivity contribution >= 4 is 17.8 Å². The second kappa shape index (κ2) is 5.73. The summed E-state index contributed by atoms with van der Waals surface area (Å²) in [5.41, 5.74) is -0.0157. The van der Waals surface area contributed by atoms with Gasteiger partial charge in [-0.3, -0.25) is 14.9 Å². The van der Waals surface area contributed by atoms with Crippen molar-refractivity contribution in [3.05, 3.63) is 11.4 Å². The first-order chi connectivity index (χ1) is 8.82. The van der Waals surface area contributed by atoms with E-state index in [1.165, 1.54) is 13.8 Å². The highest BCUT2D eigenvalue weighted by Gasteiger charge is 2.36. The molecule has 0 saturated heterocycles. The molecule has 104 valence electrons. The number of rotatable bonds is 5. The first-order valence-electron chi connectivity index (χ1n) is 6.10. The molecule has 0 saturated carbocycles. The summed E-state index contributed by atoms with van der Waals surface area (Å²) in [5.74, 6) is -1.85. The minimum atomic E-state index is -1.54. The zero-order valence-corrected chi connectivity index (χ0v) is 11.5. The Morgan fingerprint density at radius 3 is 2.21 bits per heavy atom. The number of aliphatic carboxylic acids is 1. The molecule has 2 N–H and O–H groups in total. The molecule has 1 amide bonds. The lowest BCUT2D eigenvalue weighted by Gasteiger charge is -2.17. The van der Waals surface area contributed by atoms with Gasteiger partial charge in [-0.15, -0.1) is 10.2 Å². The molecule has 0 aliphatic carbocycles. The Kier molecular flexibility index (Phi) is 4.52. The summed E-state index contributed by atoms with van der Waals surface area (Å²) in [6.07, 6.45) is 1.38.